The molecule has 0 radical (unpaired) electrons. The molecule has 0 bridgehead atoms. The molecular formula is C12H15ClN2O2. The van der Waals surface area contributed by atoms with Crippen LogP contribution in [0, 0.1) is 11.3 Å². The molecule has 0 aliphatic carbocycles. The minimum absolute atomic E-state index is 0.295. The summed E-state index contributed by atoms with van der Waals surface area (Å²) in [6.07, 6.45) is -1.44. The van der Waals surface area contributed by atoms with Crippen molar-refractivity contribution >= 4 is 11.6 Å². The van der Waals surface area contributed by atoms with Gasteiger partial charge in [0, 0.05) is 0 Å². The zero-order valence-electron chi connectivity index (χ0n) is 9.52. The first-order valence-electron chi connectivity index (χ1n) is 5.30. The Morgan fingerprint density at radius 1 is 1.47 bits per heavy atom. The minimum Gasteiger partial charge on any atom is -0.390 e. The number of nitrogens with one attached hydrogen (secondary N) is 1. The number of hydrogen-bond donors (Lipinski definition) is 3. The van der Waals surface area contributed by atoms with E-state index in [1.54, 1.807) is 19.2 Å². The van der Waals surface area contributed by atoms with Gasteiger partial charge >= 0.3 is 0 Å². The van der Waals surface area contributed by atoms with Crippen LogP contribution in [-0.2, 0) is 0 Å². The number of halogens is 1. The lowest BCUT2D eigenvalue weighted by atomic mass is 10.0. The molecule has 1 aromatic rings. The normalized spacial score (nSPS) is 14.1. The van der Waals surface area contributed by atoms with Crippen molar-refractivity contribution in [3.8, 4) is 6.07 Å². The van der Waals surface area contributed by atoms with E-state index in [0.717, 1.165) is 0 Å². The molecule has 0 aromatic heterocycles. The number of benzene rings is 1. The predicted molar refractivity (Wildman–Crippen MR) is 65.7 cm³/mol. The molecule has 0 saturated heterocycles. The van der Waals surface area contributed by atoms with Crippen molar-refractivity contribution in [3.63, 3.8) is 0 Å². The first-order chi connectivity index (χ1) is 8.10. The Hall–Kier alpha value is -1.12. The van der Waals surface area contributed by atoms with Gasteiger partial charge in [0.1, 0.15) is 12.2 Å². The Bertz CT molecular complexity index is 417. The van der Waals surface area contributed by atoms with E-state index >= 15 is 0 Å². The van der Waals surface area contributed by atoms with Crippen LogP contribution in [0.15, 0.2) is 18.2 Å². The van der Waals surface area contributed by atoms with Gasteiger partial charge in [0.05, 0.1) is 16.7 Å². The highest BCUT2D eigenvalue weighted by molar-refractivity contribution is 6.31. The van der Waals surface area contributed by atoms with Crippen molar-refractivity contribution < 1.29 is 10.2 Å². The van der Waals surface area contributed by atoms with Crippen LogP contribution < -0.4 is 5.32 Å². The third-order valence-corrected chi connectivity index (χ3v) is 2.84. The molecular weight excluding hydrogens is 240 g/mol. The highest BCUT2D eigenvalue weighted by atomic mass is 35.5. The van der Waals surface area contributed by atoms with E-state index in [1.807, 2.05) is 6.07 Å². The molecule has 0 aliphatic rings. The van der Waals surface area contributed by atoms with Gasteiger partial charge in [-0.05, 0) is 37.7 Å². The zero-order chi connectivity index (χ0) is 12.8. The van der Waals surface area contributed by atoms with E-state index in [2.05, 4.69) is 5.32 Å². The van der Waals surface area contributed by atoms with Crippen LogP contribution >= 0.6 is 11.6 Å². The molecule has 92 valence electrons. The van der Waals surface area contributed by atoms with Crippen molar-refractivity contribution in [3.05, 3.63) is 34.3 Å². The number of aliphatic hydroxyl groups excluding tert-OH is 2. The third kappa shape index (κ3) is 3.69. The summed E-state index contributed by atoms with van der Waals surface area (Å²) in [5.74, 6) is 0. The van der Waals surface area contributed by atoms with E-state index in [-0.39, 0.29) is 0 Å². The number of aliphatic hydroxyl groups is 2. The van der Waals surface area contributed by atoms with Crippen molar-refractivity contribution in [2.24, 2.45) is 0 Å². The number of nitrogens with zero attached hydrogens (tertiary/aromatic N) is 1. The van der Waals surface area contributed by atoms with Crippen LogP contribution in [0.25, 0.3) is 0 Å². The molecule has 2 atom stereocenters. The standard InChI is InChI=1S/C12H15ClN2O2/c1-15-5-4-11(16)12(17)8-2-3-10(13)9(6-8)7-14/h2-3,6,11-12,15-17H,4-5H2,1H3. The van der Waals surface area contributed by atoms with Gasteiger partial charge in [-0.25, -0.2) is 0 Å². The third-order valence-electron chi connectivity index (χ3n) is 2.51. The lowest BCUT2D eigenvalue weighted by molar-refractivity contribution is 0.0140. The summed E-state index contributed by atoms with van der Waals surface area (Å²) in [5, 5.41) is 31.7. The van der Waals surface area contributed by atoms with Crippen LogP contribution in [0.2, 0.25) is 5.02 Å². The van der Waals surface area contributed by atoms with Crippen molar-refractivity contribution in [2.45, 2.75) is 18.6 Å². The second kappa shape index (κ2) is 6.58. The average Bonchev–Trinajstić information content (AvgIpc) is 2.35. The molecule has 1 rings (SSSR count). The molecule has 0 spiro atoms. The Kier molecular flexibility index (Phi) is 5.39. The Labute approximate surface area is 105 Å². The van der Waals surface area contributed by atoms with Crippen LogP contribution in [-0.4, -0.2) is 29.9 Å². The molecule has 0 amide bonds. The molecule has 0 heterocycles. The number of nitriles is 1. The maximum absolute atomic E-state index is 9.90. The maximum atomic E-state index is 9.90. The van der Waals surface area contributed by atoms with Crippen LogP contribution in [0.3, 0.4) is 0 Å². The molecule has 0 saturated carbocycles. The lowest BCUT2D eigenvalue weighted by Gasteiger charge is -2.18. The van der Waals surface area contributed by atoms with Crippen molar-refractivity contribution in [1.82, 2.24) is 5.32 Å². The molecule has 2 unspecified atom stereocenters. The smallest absolute Gasteiger partial charge is 0.105 e. The fourth-order valence-corrected chi connectivity index (χ4v) is 1.64. The molecule has 4 nitrogen and oxygen atoms in total. The second-order valence-corrected chi connectivity index (χ2v) is 4.16. The van der Waals surface area contributed by atoms with Crippen LogP contribution in [0.1, 0.15) is 23.7 Å². The summed E-state index contributed by atoms with van der Waals surface area (Å²) < 4.78 is 0. The first kappa shape index (κ1) is 13.9. The van der Waals surface area contributed by atoms with Gasteiger partial charge in [0.15, 0.2) is 0 Å². The molecule has 17 heavy (non-hydrogen) atoms. The minimum atomic E-state index is -1.01. The molecule has 0 fully saturated rings. The van der Waals surface area contributed by atoms with E-state index < -0.39 is 12.2 Å². The number of rotatable bonds is 5. The molecule has 5 heteroatoms. The largest absolute Gasteiger partial charge is 0.390 e. The summed E-state index contributed by atoms with van der Waals surface area (Å²) in [6, 6.07) is 6.58. The highest BCUT2D eigenvalue weighted by Gasteiger charge is 2.18. The van der Waals surface area contributed by atoms with E-state index in [9.17, 15) is 10.2 Å². The maximum Gasteiger partial charge on any atom is 0.105 e. The molecule has 0 aliphatic heterocycles. The summed E-state index contributed by atoms with van der Waals surface area (Å²) in [5.41, 5.74) is 0.790. The van der Waals surface area contributed by atoms with Gasteiger partial charge in [-0.1, -0.05) is 17.7 Å². The average molecular weight is 255 g/mol. The van der Waals surface area contributed by atoms with E-state index in [1.165, 1.54) is 6.07 Å². The SMILES string of the molecule is CNCCC(O)C(O)c1ccc(Cl)c(C#N)c1. The predicted octanol–water partition coefficient (Wildman–Crippen LogP) is 1.22. The van der Waals surface area contributed by atoms with Gasteiger partial charge in [-0.15, -0.1) is 0 Å². The fourth-order valence-electron chi connectivity index (χ4n) is 1.48. The van der Waals surface area contributed by atoms with Crippen LogP contribution in [0.5, 0.6) is 0 Å². The second-order valence-electron chi connectivity index (χ2n) is 3.76. The van der Waals surface area contributed by atoms with Gasteiger partial charge in [-0.3, -0.25) is 0 Å². The van der Waals surface area contributed by atoms with E-state index in [0.29, 0.717) is 29.1 Å². The Morgan fingerprint density at radius 2 is 2.18 bits per heavy atom. The summed E-state index contributed by atoms with van der Waals surface area (Å²) in [7, 11) is 1.77. The highest BCUT2D eigenvalue weighted by Crippen LogP contribution is 2.23. The topological polar surface area (TPSA) is 76.3 Å². The quantitative estimate of drug-likeness (QED) is 0.738. The summed E-state index contributed by atoms with van der Waals surface area (Å²) in [6.45, 7) is 0.608. The number of hydrogen-bond acceptors (Lipinski definition) is 4. The molecule has 3 N–H and O–H groups in total. The van der Waals surface area contributed by atoms with Gasteiger partial charge in [-0.2, -0.15) is 5.26 Å². The summed E-state index contributed by atoms with van der Waals surface area (Å²) >= 11 is 5.79. The van der Waals surface area contributed by atoms with E-state index in [4.69, 9.17) is 16.9 Å². The van der Waals surface area contributed by atoms with Crippen LogP contribution in [0.4, 0.5) is 0 Å². The summed E-state index contributed by atoms with van der Waals surface area (Å²) in [4.78, 5) is 0. The molecule has 1 aromatic carbocycles. The Balaban J connectivity index is 2.82. The monoisotopic (exact) mass is 254 g/mol. The van der Waals surface area contributed by atoms with Gasteiger partial charge in [0.2, 0.25) is 0 Å². The fraction of sp³-hybridized carbons (Fsp3) is 0.417. The van der Waals surface area contributed by atoms with Crippen molar-refractivity contribution in [1.29, 1.82) is 5.26 Å². The van der Waals surface area contributed by atoms with Crippen molar-refractivity contribution in [2.75, 3.05) is 13.6 Å². The van der Waals surface area contributed by atoms with Gasteiger partial charge in [0.25, 0.3) is 0 Å². The zero-order valence-corrected chi connectivity index (χ0v) is 10.3. The lowest BCUT2D eigenvalue weighted by Crippen LogP contribution is -2.23. The Morgan fingerprint density at radius 3 is 2.76 bits per heavy atom. The van der Waals surface area contributed by atoms with Gasteiger partial charge < -0.3 is 15.5 Å². The first-order valence-corrected chi connectivity index (χ1v) is 5.68.